The van der Waals surface area contributed by atoms with Gasteiger partial charge in [0.15, 0.2) is 0 Å². The summed E-state index contributed by atoms with van der Waals surface area (Å²) in [6.45, 7) is 4.21. The third kappa shape index (κ3) is 5.33. The molecule has 0 radical (unpaired) electrons. The highest BCUT2D eigenvalue weighted by Crippen LogP contribution is 2.41. The Labute approximate surface area is 212 Å². The molecule has 1 aliphatic heterocycles. The topological polar surface area (TPSA) is 49.9 Å². The molecule has 2 amide bonds. The predicted octanol–water partition coefficient (Wildman–Crippen LogP) is 6.81. The van der Waals surface area contributed by atoms with Crippen LogP contribution in [0.15, 0.2) is 72.8 Å². The summed E-state index contributed by atoms with van der Waals surface area (Å²) in [7, 11) is 0. The molecule has 2 atom stereocenters. The van der Waals surface area contributed by atoms with Crippen LogP contribution in [0.25, 0.3) is 0 Å². The molecule has 0 spiro atoms. The molecular formula is C27H24ClF3N2O3. The van der Waals surface area contributed by atoms with Gasteiger partial charge < -0.3 is 14.5 Å². The Bertz CT molecular complexity index is 1250. The summed E-state index contributed by atoms with van der Waals surface area (Å²) in [6.07, 6.45) is -4.42. The van der Waals surface area contributed by atoms with Crippen molar-refractivity contribution in [3.8, 4) is 5.75 Å². The van der Waals surface area contributed by atoms with Crippen LogP contribution in [0.3, 0.4) is 0 Å². The fraction of sp³-hybridized carbons (Fsp3) is 0.259. The van der Waals surface area contributed by atoms with Gasteiger partial charge in [-0.25, -0.2) is 0 Å². The number of carbonyl (C=O) groups is 2. The normalized spacial score (nSPS) is 17.3. The largest absolute Gasteiger partial charge is 0.573 e. The Kier molecular flexibility index (Phi) is 7.26. The maximum atomic E-state index is 13.7. The summed E-state index contributed by atoms with van der Waals surface area (Å²) in [4.78, 5) is 30.4. The number of halogens is 4. The van der Waals surface area contributed by atoms with Crippen molar-refractivity contribution in [3.63, 3.8) is 0 Å². The van der Waals surface area contributed by atoms with Gasteiger partial charge >= 0.3 is 6.36 Å². The van der Waals surface area contributed by atoms with Crippen molar-refractivity contribution in [2.45, 2.75) is 38.6 Å². The van der Waals surface area contributed by atoms with E-state index in [9.17, 15) is 22.8 Å². The molecule has 0 fully saturated rings. The quantitative estimate of drug-likeness (QED) is 0.374. The van der Waals surface area contributed by atoms with E-state index in [1.165, 1.54) is 12.1 Å². The van der Waals surface area contributed by atoms with E-state index < -0.39 is 18.0 Å². The molecule has 0 aromatic heterocycles. The monoisotopic (exact) mass is 516 g/mol. The van der Waals surface area contributed by atoms with Gasteiger partial charge in [-0.1, -0.05) is 29.8 Å². The molecule has 1 aliphatic rings. The molecule has 3 aromatic rings. The summed E-state index contributed by atoms with van der Waals surface area (Å²) in [5, 5.41) is 0.575. The molecule has 0 bridgehead atoms. The Balaban J connectivity index is 1.63. The minimum Gasteiger partial charge on any atom is -0.406 e. The first-order valence-electron chi connectivity index (χ1n) is 11.4. The van der Waals surface area contributed by atoms with Gasteiger partial charge in [-0.15, -0.1) is 13.2 Å². The van der Waals surface area contributed by atoms with Crippen molar-refractivity contribution >= 4 is 34.8 Å². The van der Waals surface area contributed by atoms with Crippen LogP contribution in [0.2, 0.25) is 5.02 Å². The molecule has 188 valence electrons. The van der Waals surface area contributed by atoms with E-state index in [0.717, 1.165) is 23.4 Å². The number of para-hydroxylation sites is 1. The SMILES string of the molecule is CCN(C(=O)C1CC(C)N(C(=O)c2ccc(OC(F)(F)F)cc2)c2ccccc21)c1ccc(Cl)cc1. The fourth-order valence-electron chi connectivity index (χ4n) is 4.57. The van der Waals surface area contributed by atoms with E-state index in [1.54, 1.807) is 46.2 Å². The first kappa shape index (κ1) is 25.6. The zero-order valence-electron chi connectivity index (χ0n) is 19.6. The highest BCUT2D eigenvalue weighted by atomic mass is 35.5. The third-order valence-electron chi connectivity index (χ3n) is 6.16. The second-order valence-corrected chi connectivity index (χ2v) is 8.94. The predicted molar refractivity (Wildman–Crippen MR) is 133 cm³/mol. The number of nitrogens with zero attached hydrogens (tertiary/aromatic N) is 2. The van der Waals surface area contributed by atoms with Crippen molar-refractivity contribution in [1.82, 2.24) is 0 Å². The molecule has 5 nitrogen and oxygen atoms in total. The third-order valence-corrected chi connectivity index (χ3v) is 6.41. The van der Waals surface area contributed by atoms with E-state index in [4.69, 9.17) is 11.6 Å². The maximum Gasteiger partial charge on any atom is 0.573 e. The van der Waals surface area contributed by atoms with Gasteiger partial charge in [-0.05, 0) is 80.4 Å². The van der Waals surface area contributed by atoms with Gasteiger partial charge in [-0.2, -0.15) is 0 Å². The second kappa shape index (κ2) is 10.2. The standard InChI is InChI=1S/C27H24ClF3N2O3/c1-3-32(20-12-10-19(28)11-13-20)26(35)23-16-17(2)33(24-7-5-4-6-22(23)24)25(34)18-8-14-21(15-9-18)36-27(29,30)31/h4-15,17,23H,3,16H2,1-2H3. The fourth-order valence-corrected chi connectivity index (χ4v) is 4.69. The number of likely N-dealkylation sites (N-methyl/N-ethyl adjacent to an activating group) is 1. The second-order valence-electron chi connectivity index (χ2n) is 8.50. The van der Waals surface area contributed by atoms with Crippen molar-refractivity contribution in [2.24, 2.45) is 0 Å². The Morgan fingerprint density at radius 1 is 1.03 bits per heavy atom. The maximum absolute atomic E-state index is 13.7. The van der Waals surface area contributed by atoms with Crippen molar-refractivity contribution < 1.29 is 27.5 Å². The van der Waals surface area contributed by atoms with Crippen LogP contribution in [0.5, 0.6) is 5.75 Å². The van der Waals surface area contributed by atoms with Crippen LogP contribution in [0.4, 0.5) is 24.5 Å². The molecule has 0 aliphatic carbocycles. The number of carbonyl (C=O) groups excluding carboxylic acids is 2. The molecule has 3 aromatic carbocycles. The molecule has 0 N–H and O–H groups in total. The molecule has 2 unspecified atom stereocenters. The molecule has 9 heteroatoms. The number of fused-ring (bicyclic) bond motifs is 1. The molecule has 4 rings (SSSR count). The number of alkyl halides is 3. The van der Waals surface area contributed by atoms with Gasteiger partial charge in [0.2, 0.25) is 5.91 Å². The Morgan fingerprint density at radius 2 is 1.67 bits per heavy atom. The number of benzene rings is 3. The molecule has 0 saturated carbocycles. The Hall–Kier alpha value is -3.52. The number of hydrogen-bond donors (Lipinski definition) is 0. The number of rotatable bonds is 5. The summed E-state index contributed by atoms with van der Waals surface area (Å²) in [6, 6.07) is 18.8. The average molecular weight is 517 g/mol. The van der Waals surface area contributed by atoms with E-state index in [0.29, 0.717) is 23.7 Å². The van der Waals surface area contributed by atoms with Crippen molar-refractivity contribution in [1.29, 1.82) is 0 Å². The zero-order chi connectivity index (χ0) is 26.0. The van der Waals surface area contributed by atoms with Crippen LogP contribution in [0, 0.1) is 0 Å². The van der Waals surface area contributed by atoms with Gasteiger partial charge in [0.1, 0.15) is 5.75 Å². The number of anilines is 2. The van der Waals surface area contributed by atoms with E-state index in [1.807, 2.05) is 26.0 Å². The molecule has 1 heterocycles. The summed E-state index contributed by atoms with van der Waals surface area (Å²) in [5.41, 5.74) is 2.27. The minimum atomic E-state index is -4.81. The molecular weight excluding hydrogens is 493 g/mol. The highest BCUT2D eigenvalue weighted by Gasteiger charge is 2.39. The lowest BCUT2D eigenvalue weighted by atomic mass is 9.84. The van der Waals surface area contributed by atoms with Crippen LogP contribution >= 0.6 is 11.6 Å². The highest BCUT2D eigenvalue weighted by molar-refractivity contribution is 6.30. The number of ether oxygens (including phenoxy) is 1. The van der Waals surface area contributed by atoms with Crippen molar-refractivity contribution in [2.75, 3.05) is 16.3 Å². The first-order chi connectivity index (χ1) is 17.1. The lowest BCUT2D eigenvalue weighted by Gasteiger charge is -2.40. The molecule has 0 saturated heterocycles. The van der Waals surface area contributed by atoms with Crippen molar-refractivity contribution in [3.05, 3.63) is 88.9 Å². The summed E-state index contributed by atoms with van der Waals surface area (Å²) < 4.78 is 41.4. The summed E-state index contributed by atoms with van der Waals surface area (Å²) >= 11 is 6.01. The van der Waals surface area contributed by atoms with E-state index in [-0.39, 0.29) is 23.4 Å². The molecule has 36 heavy (non-hydrogen) atoms. The van der Waals surface area contributed by atoms with Gasteiger partial charge in [0, 0.05) is 34.5 Å². The lowest BCUT2D eigenvalue weighted by Crippen LogP contribution is -2.46. The van der Waals surface area contributed by atoms with E-state index in [2.05, 4.69) is 4.74 Å². The average Bonchev–Trinajstić information content (AvgIpc) is 2.84. The van der Waals surface area contributed by atoms with E-state index >= 15 is 0 Å². The van der Waals surface area contributed by atoms with Crippen LogP contribution in [-0.4, -0.2) is 30.8 Å². The minimum absolute atomic E-state index is 0.0835. The van der Waals surface area contributed by atoms with Crippen LogP contribution in [-0.2, 0) is 4.79 Å². The zero-order valence-corrected chi connectivity index (χ0v) is 20.4. The van der Waals surface area contributed by atoms with Gasteiger partial charge in [0.25, 0.3) is 5.91 Å². The van der Waals surface area contributed by atoms with Crippen LogP contribution in [0.1, 0.15) is 42.1 Å². The van der Waals surface area contributed by atoms with Gasteiger partial charge in [-0.3, -0.25) is 9.59 Å². The Morgan fingerprint density at radius 3 is 2.28 bits per heavy atom. The number of amides is 2. The lowest BCUT2D eigenvalue weighted by molar-refractivity contribution is -0.274. The van der Waals surface area contributed by atoms with Gasteiger partial charge in [0.05, 0.1) is 5.92 Å². The smallest absolute Gasteiger partial charge is 0.406 e. The first-order valence-corrected chi connectivity index (χ1v) is 11.8. The number of hydrogen-bond acceptors (Lipinski definition) is 3. The summed E-state index contributed by atoms with van der Waals surface area (Å²) in [5.74, 6) is -1.33. The van der Waals surface area contributed by atoms with Crippen LogP contribution < -0.4 is 14.5 Å².